The summed E-state index contributed by atoms with van der Waals surface area (Å²) in [6.45, 7) is 0. The lowest BCUT2D eigenvalue weighted by Gasteiger charge is -2.11. The van der Waals surface area contributed by atoms with Crippen molar-refractivity contribution >= 4 is 11.3 Å². The number of aromatic nitrogens is 1. The van der Waals surface area contributed by atoms with Crippen LogP contribution in [0.3, 0.4) is 0 Å². The molecule has 1 unspecified atom stereocenters. The first-order valence-electron chi connectivity index (χ1n) is 5.65. The number of aryl methyl sites for hydroxylation is 1. The highest BCUT2D eigenvalue weighted by Crippen LogP contribution is 2.20. The molecule has 4 heteroatoms. The van der Waals surface area contributed by atoms with E-state index in [1.54, 1.807) is 23.6 Å². The summed E-state index contributed by atoms with van der Waals surface area (Å²) < 4.78 is 13.4. The minimum Gasteiger partial charge on any atom is -0.324 e. The van der Waals surface area contributed by atoms with Crippen molar-refractivity contribution in [1.82, 2.24) is 4.98 Å². The van der Waals surface area contributed by atoms with Crippen LogP contribution in [-0.2, 0) is 6.42 Å². The van der Waals surface area contributed by atoms with E-state index in [0.717, 1.165) is 19.3 Å². The molecule has 0 saturated carbocycles. The maximum atomic E-state index is 13.4. The van der Waals surface area contributed by atoms with Crippen LogP contribution in [0, 0.1) is 5.82 Å². The standard InChI is InChI=1S/C13H15FN2S/c14-12-9-16-7-6-11(12)13(15)5-1-3-10-4-2-8-17-10/h2,4,6-9,13H,1,3,5,15H2. The van der Waals surface area contributed by atoms with Crippen molar-refractivity contribution in [3.63, 3.8) is 0 Å². The van der Waals surface area contributed by atoms with Crippen LogP contribution in [0.25, 0.3) is 0 Å². The molecule has 17 heavy (non-hydrogen) atoms. The zero-order chi connectivity index (χ0) is 12.1. The molecule has 90 valence electrons. The fourth-order valence-corrected chi connectivity index (χ4v) is 2.54. The van der Waals surface area contributed by atoms with Gasteiger partial charge < -0.3 is 5.73 Å². The molecule has 0 fully saturated rings. The van der Waals surface area contributed by atoms with Crippen LogP contribution < -0.4 is 5.73 Å². The quantitative estimate of drug-likeness (QED) is 0.884. The average Bonchev–Trinajstić information content (AvgIpc) is 2.82. The van der Waals surface area contributed by atoms with Crippen LogP contribution in [0.4, 0.5) is 4.39 Å². The van der Waals surface area contributed by atoms with Gasteiger partial charge in [0, 0.05) is 22.7 Å². The molecule has 1 atom stereocenters. The van der Waals surface area contributed by atoms with Gasteiger partial charge in [-0.15, -0.1) is 11.3 Å². The molecule has 2 nitrogen and oxygen atoms in total. The molecule has 0 bridgehead atoms. The number of nitrogens with two attached hydrogens (primary N) is 1. The summed E-state index contributed by atoms with van der Waals surface area (Å²) in [6.07, 6.45) is 5.58. The molecule has 2 rings (SSSR count). The summed E-state index contributed by atoms with van der Waals surface area (Å²) in [5.41, 5.74) is 6.53. The summed E-state index contributed by atoms with van der Waals surface area (Å²) in [6, 6.07) is 5.58. The zero-order valence-corrected chi connectivity index (χ0v) is 10.3. The molecule has 0 amide bonds. The van der Waals surface area contributed by atoms with Gasteiger partial charge in [-0.1, -0.05) is 6.07 Å². The molecule has 0 aliphatic carbocycles. The Morgan fingerprint density at radius 3 is 3.00 bits per heavy atom. The van der Waals surface area contributed by atoms with E-state index >= 15 is 0 Å². The van der Waals surface area contributed by atoms with Gasteiger partial charge in [-0.3, -0.25) is 4.98 Å². The number of hydrogen-bond donors (Lipinski definition) is 1. The summed E-state index contributed by atoms with van der Waals surface area (Å²) in [5.74, 6) is -0.309. The van der Waals surface area contributed by atoms with Crippen LogP contribution in [-0.4, -0.2) is 4.98 Å². The van der Waals surface area contributed by atoms with E-state index in [0.29, 0.717) is 5.56 Å². The third kappa shape index (κ3) is 3.35. The van der Waals surface area contributed by atoms with Gasteiger partial charge in [0.25, 0.3) is 0 Å². The van der Waals surface area contributed by atoms with Gasteiger partial charge in [-0.05, 0) is 36.8 Å². The lowest BCUT2D eigenvalue weighted by molar-refractivity contribution is 0.547. The summed E-state index contributed by atoms with van der Waals surface area (Å²) in [7, 11) is 0. The number of thiophene rings is 1. The topological polar surface area (TPSA) is 38.9 Å². The number of halogens is 1. The Balaban J connectivity index is 1.85. The second-order valence-electron chi connectivity index (χ2n) is 3.98. The van der Waals surface area contributed by atoms with Gasteiger partial charge in [-0.25, -0.2) is 4.39 Å². The predicted octanol–water partition coefficient (Wildman–Crippen LogP) is 3.30. The molecule has 0 aliphatic rings. The molecule has 0 radical (unpaired) electrons. The second kappa shape index (κ2) is 5.89. The van der Waals surface area contributed by atoms with Crippen molar-refractivity contribution in [1.29, 1.82) is 0 Å². The van der Waals surface area contributed by atoms with Crippen molar-refractivity contribution < 1.29 is 4.39 Å². The maximum absolute atomic E-state index is 13.4. The van der Waals surface area contributed by atoms with Crippen molar-refractivity contribution in [2.75, 3.05) is 0 Å². The Labute approximate surface area is 104 Å². The van der Waals surface area contributed by atoms with Crippen LogP contribution in [0.5, 0.6) is 0 Å². The Bertz CT molecular complexity index is 456. The van der Waals surface area contributed by atoms with Gasteiger partial charge in [0.05, 0.1) is 6.20 Å². The number of rotatable bonds is 5. The van der Waals surface area contributed by atoms with Crippen LogP contribution >= 0.6 is 11.3 Å². The number of nitrogens with zero attached hydrogens (tertiary/aromatic N) is 1. The van der Waals surface area contributed by atoms with E-state index in [2.05, 4.69) is 16.4 Å². The molecule has 2 N–H and O–H groups in total. The lowest BCUT2D eigenvalue weighted by Crippen LogP contribution is -2.12. The molecular weight excluding hydrogens is 235 g/mol. The third-order valence-electron chi connectivity index (χ3n) is 2.72. The van der Waals surface area contributed by atoms with E-state index in [9.17, 15) is 4.39 Å². The van der Waals surface area contributed by atoms with Gasteiger partial charge in [0.2, 0.25) is 0 Å². The highest BCUT2D eigenvalue weighted by Gasteiger charge is 2.10. The fourth-order valence-electron chi connectivity index (χ4n) is 1.79. The average molecular weight is 250 g/mol. The first-order chi connectivity index (χ1) is 8.27. The lowest BCUT2D eigenvalue weighted by atomic mass is 10.0. The van der Waals surface area contributed by atoms with Crippen molar-refractivity contribution in [2.45, 2.75) is 25.3 Å². The Morgan fingerprint density at radius 1 is 1.41 bits per heavy atom. The molecule has 2 aromatic heterocycles. The highest BCUT2D eigenvalue weighted by molar-refractivity contribution is 7.09. The Hall–Kier alpha value is -1.26. The predicted molar refractivity (Wildman–Crippen MR) is 68.4 cm³/mol. The van der Waals surface area contributed by atoms with E-state index in [-0.39, 0.29) is 11.9 Å². The van der Waals surface area contributed by atoms with Crippen LogP contribution in [0.2, 0.25) is 0 Å². The van der Waals surface area contributed by atoms with Crippen LogP contribution in [0.15, 0.2) is 36.0 Å². The molecule has 0 aliphatic heterocycles. The SMILES string of the molecule is NC(CCCc1cccs1)c1ccncc1F. The fraction of sp³-hybridized carbons (Fsp3) is 0.308. The van der Waals surface area contributed by atoms with Gasteiger partial charge in [-0.2, -0.15) is 0 Å². The molecular formula is C13H15FN2S. The van der Waals surface area contributed by atoms with E-state index < -0.39 is 0 Å². The first-order valence-corrected chi connectivity index (χ1v) is 6.52. The maximum Gasteiger partial charge on any atom is 0.146 e. The number of pyridine rings is 1. The minimum atomic E-state index is -0.309. The summed E-state index contributed by atoms with van der Waals surface area (Å²) >= 11 is 1.75. The molecule has 2 heterocycles. The number of hydrogen-bond acceptors (Lipinski definition) is 3. The van der Waals surface area contributed by atoms with E-state index in [1.807, 2.05) is 6.07 Å². The molecule has 2 aromatic rings. The minimum absolute atomic E-state index is 0.238. The monoisotopic (exact) mass is 250 g/mol. The van der Waals surface area contributed by atoms with E-state index in [1.165, 1.54) is 11.1 Å². The van der Waals surface area contributed by atoms with E-state index in [4.69, 9.17) is 5.73 Å². The first kappa shape index (κ1) is 12.2. The molecule has 0 aromatic carbocycles. The smallest absolute Gasteiger partial charge is 0.146 e. The highest BCUT2D eigenvalue weighted by atomic mass is 32.1. The zero-order valence-electron chi connectivity index (χ0n) is 9.47. The van der Waals surface area contributed by atoms with Gasteiger partial charge in [0.15, 0.2) is 0 Å². The van der Waals surface area contributed by atoms with Crippen molar-refractivity contribution in [2.24, 2.45) is 5.73 Å². The van der Waals surface area contributed by atoms with Crippen molar-refractivity contribution in [3.05, 3.63) is 52.2 Å². The summed E-state index contributed by atoms with van der Waals surface area (Å²) in [4.78, 5) is 5.07. The van der Waals surface area contributed by atoms with Gasteiger partial charge >= 0.3 is 0 Å². The normalized spacial score (nSPS) is 12.6. The second-order valence-corrected chi connectivity index (χ2v) is 5.01. The van der Waals surface area contributed by atoms with Crippen molar-refractivity contribution in [3.8, 4) is 0 Å². The summed E-state index contributed by atoms with van der Waals surface area (Å²) in [5, 5.41) is 2.07. The molecule has 0 spiro atoms. The third-order valence-corrected chi connectivity index (χ3v) is 3.66. The Morgan fingerprint density at radius 2 is 2.29 bits per heavy atom. The molecule has 0 saturated heterocycles. The van der Waals surface area contributed by atoms with Crippen LogP contribution in [0.1, 0.15) is 29.3 Å². The van der Waals surface area contributed by atoms with Gasteiger partial charge in [0.1, 0.15) is 5.82 Å². The Kier molecular flexibility index (Phi) is 4.23. The largest absolute Gasteiger partial charge is 0.324 e.